The van der Waals surface area contributed by atoms with E-state index in [1.165, 1.54) is 0 Å². The normalized spacial score (nSPS) is 10.1. The van der Waals surface area contributed by atoms with Crippen LogP contribution in [0.4, 0.5) is 17.5 Å². The molecule has 0 aliphatic rings. The Morgan fingerprint density at radius 2 is 1.81 bits per heavy atom. The molecule has 0 fully saturated rings. The second-order valence-corrected chi connectivity index (χ2v) is 5.69. The minimum atomic E-state index is 0.464. The number of ether oxygens (including phenoxy) is 2. The van der Waals surface area contributed by atoms with Gasteiger partial charge in [-0.05, 0) is 12.1 Å². The van der Waals surface area contributed by atoms with Crippen LogP contribution in [0.15, 0.2) is 67.3 Å². The van der Waals surface area contributed by atoms with Crippen LogP contribution in [0, 0.1) is 0 Å². The van der Waals surface area contributed by atoms with E-state index in [1.54, 1.807) is 26.4 Å². The molecule has 2 N–H and O–H groups in total. The van der Waals surface area contributed by atoms with Gasteiger partial charge in [-0.2, -0.15) is 4.98 Å². The summed E-state index contributed by atoms with van der Waals surface area (Å²) in [4.78, 5) is 9.19. The van der Waals surface area contributed by atoms with Gasteiger partial charge >= 0.3 is 0 Å². The van der Waals surface area contributed by atoms with E-state index < -0.39 is 0 Å². The quantitative estimate of drug-likeness (QED) is 0.575. The van der Waals surface area contributed by atoms with Crippen molar-refractivity contribution >= 4 is 17.5 Å². The first kappa shape index (κ1) is 18.3. The Kier molecular flexibility index (Phi) is 5.89. The van der Waals surface area contributed by atoms with Crippen molar-refractivity contribution in [2.45, 2.75) is 0 Å². The van der Waals surface area contributed by atoms with Crippen molar-refractivity contribution in [2.24, 2.45) is 0 Å². The van der Waals surface area contributed by atoms with Gasteiger partial charge in [-0.3, -0.25) is 0 Å². The first-order chi connectivity index (χ1) is 13.2. The Morgan fingerprint density at radius 1 is 1.00 bits per heavy atom. The Labute approximate surface area is 158 Å². The molecular formula is C21H22N4O2. The van der Waals surface area contributed by atoms with Gasteiger partial charge in [0.25, 0.3) is 0 Å². The maximum atomic E-state index is 5.44. The molecule has 0 unspecified atom stereocenters. The summed E-state index contributed by atoms with van der Waals surface area (Å²) < 4.78 is 10.7. The number of methoxy groups -OCH3 is 2. The third kappa shape index (κ3) is 4.55. The Hall–Kier alpha value is -3.54. The fraction of sp³-hybridized carbons (Fsp3) is 0.143. The lowest BCUT2D eigenvalue weighted by Gasteiger charge is -2.13. The smallest absolute Gasteiger partial charge is 0.229 e. The summed E-state index contributed by atoms with van der Waals surface area (Å²) in [6, 6.07) is 17.4. The molecule has 3 rings (SSSR count). The molecule has 3 aromatic rings. The van der Waals surface area contributed by atoms with E-state index >= 15 is 0 Å². The molecule has 2 aromatic carbocycles. The maximum Gasteiger partial charge on any atom is 0.229 e. The van der Waals surface area contributed by atoms with E-state index in [2.05, 4.69) is 27.2 Å². The number of hydrogen-bond donors (Lipinski definition) is 2. The number of rotatable bonds is 8. The fourth-order valence-corrected chi connectivity index (χ4v) is 2.55. The number of anilines is 3. The van der Waals surface area contributed by atoms with E-state index in [0.29, 0.717) is 29.8 Å². The monoisotopic (exact) mass is 362 g/mol. The van der Waals surface area contributed by atoms with Crippen molar-refractivity contribution in [3.05, 3.63) is 67.3 Å². The predicted octanol–water partition coefficient (Wildman–Crippen LogP) is 4.50. The first-order valence-electron chi connectivity index (χ1n) is 8.52. The minimum Gasteiger partial charge on any atom is -0.497 e. The van der Waals surface area contributed by atoms with Gasteiger partial charge in [0.15, 0.2) is 0 Å². The van der Waals surface area contributed by atoms with Crippen LogP contribution in [-0.4, -0.2) is 30.7 Å². The highest BCUT2D eigenvalue weighted by atomic mass is 16.5. The van der Waals surface area contributed by atoms with Gasteiger partial charge in [0.05, 0.1) is 25.6 Å². The topological polar surface area (TPSA) is 68.3 Å². The van der Waals surface area contributed by atoms with Gasteiger partial charge in [-0.25, -0.2) is 4.98 Å². The van der Waals surface area contributed by atoms with Crippen molar-refractivity contribution < 1.29 is 9.47 Å². The largest absolute Gasteiger partial charge is 0.497 e. The molecule has 0 saturated carbocycles. The first-order valence-corrected chi connectivity index (χ1v) is 8.52. The second-order valence-electron chi connectivity index (χ2n) is 5.69. The molecule has 0 bridgehead atoms. The summed E-state index contributed by atoms with van der Waals surface area (Å²) in [6.07, 6.45) is 1.78. The molecule has 0 aliphatic heterocycles. The maximum absolute atomic E-state index is 5.44. The zero-order valence-corrected chi connectivity index (χ0v) is 15.4. The van der Waals surface area contributed by atoms with Crippen LogP contribution in [0.25, 0.3) is 11.3 Å². The lowest BCUT2D eigenvalue weighted by atomic mass is 10.1. The highest BCUT2D eigenvalue weighted by molar-refractivity contribution is 5.69. The van der Waals surface area contributed by atoms with E-state index in [1.807, 2.05) is 48.5 Å². The van der Waals surface area contributed by atoms with E-state index in [9.17, 15) is 0 Å². The van der Waals surface area contributed by atoms with Gasteiger partial charge < -0.3 is 20.1 Å². The summed E-state index contributed by atoms with van der Waals surface area (Å²) in [6.45, 7) is 4.34. The zero-order chi connectivity index (χ0) is 19.1. The minimum absolute atomic E-state index is 0.464. The van der Waals surface area contributed by atoms with Crippen molar-refractivity contribution in [1.29, 1.82) is 0 Å². The summed E-state index contributed by atoms with van der Waals surface area (Å²) >= 11 is 0. The average Bonchev–Trinajstić information content (AvgIpc) is 2.73. The Bertz CT molecular complexity index is 913. The van der Waals surface area contributed by atoms with E-state index in [-0.39, 0.29) is 0 Å². The highest BCUT2D eigenvalue weighted by Crippen LogP contribution is 2.31. The zero-order valence-electron chi connectivity index (χ0n) is 15.4. The van der Waals surface area contributed by atoms with Crippen LogP contribution >= 0.6 is 0 Å². The van der Waals surface area contributed by atoms with Crippen molar-refractivity contribution in [3.63, 3.8) is 0 Å². The lowest BCUT2D eigenvalue weighted by Crippen LogP contribution is -2.06. The fourth-order valence-electron chi connectivity index (χ4n) is 2.55. The standard InChI is InChI=1S/C21H22N4O2/c1-4-12-22-20-14-18(15-8-6-5-7-9-15)24-21(25-20)23-17-11-10-16(26-2)13-19(17)27-3/h4-11,13-14H,1,12H2,2-3H3,(H2,22,23,24,25). The number of benzene rings is 2. The number of nitrogens with one attached hydrogen (secondary N) is 2. The third-order valence-corrected chi connectivity index (χ3v) is 3.88. The van der Waals surface area contributed by atoms with Gasteiger partial charge in [-0.1, -0.05) is 36.4 Å². The van der Waals surface area contributed by atoms with Gasteiger partial charge in [0.1, 0.15) is 17.3 Å². The van der Waals surface area contributed by atoms with Crippen molar-refractivity contribution in [3.8, 4) is 22.8 Å². The van der Waals surface area contributed by atoms with Gasteiger partial charge in [-0.15, -0.1) is 6.58 Å². The lowest BCUT2D eigenvalue weighted by molar-refractivity contribution is 0.395. The van der Waals surface area contributed by atoms with Crippen LogP contribution in [0.1, 0.15) is 0 Å². The summed E-state index contributed by atoms with van der Waals surface area (Å²) in [7, 11) is 3.23. The van der Waals surface area contributed by atoms with Crippen LogP contribution in [-0.2, 0) is 0 Å². The second kappa shape index (κ2) is 8.71. The molecular weight excluding hydrogens is 340 g/mol. The molecule has 0 amide bonds. The van der Waals surface area contributed by atoms with Crippen LogP contribution in [0.3, 0.4) is 0 Å². The average molecular weight is 362 g/mol. The van der Waals surface area contributed by atoms with Crippen LogP contribution in [0.2, 0.25) is 0 Å². The molecule has 1 heterocycles. The summed E-state index contributed by atoms with van der Waals surface area (Å²) in [5.74, 6) is 2.53. The van der Waals surface area contributed by atoms with Gasteiger partial charge in [0, 0.05) is 24.2 Å². The number of hydrogen-bond acceptors (Lipinski definition) is 6. The number of aromatic nitrogens is 2. The molecule has 6 heteroatoms. The predicted molar refractivity (Wildman–Crippen MR) is 109 cm³/mol. The molecule has 0 atom stereocenters. The van der Waals surface area contributed by atoms with Crippen molar-refractivity contribution in [2.75, 3.05) is 31.4 Å². The molecule has 6 nitrogen and oxygen atoms in total. The Morgan fingerprint density at radius 3 is 2.52 bits per heavy atom. The highest BCUT2D eigenvalue weighted by Gasteiger charge is 2.10. The van der Waals surface area contributed by atoms with Gasteiger partial charge in [0.2, 0.25) is 5.95 Å². The Balaban J connectivity index is 1.98. The molecule has 0 spiro atoms. The summed E-state index contributed by atoms with van der Waals surface area (Å²) in [5.41, 5.74) is 2.57. The third-order valence-electron chi connectivity index (χ3n) is 3.88. The van der Waals surface area contributed by atoms with E-state index in [0.717, 1.165) is 16.9 Å². The van der Waals surface area contributed by atoms with Crippen LogP contribution in [0.5, 0.6) is 11.5 Å². The summed E-state index contributed by atoms with van der Waals surface area (Å²) in [5, 5.41) is 6.45. The van der Waals surface area contributed by atoms with Crippen molar-refractivity contribution in [1.82, 2.24) is 9.97 Å². The SMILES string of the molecule is C=CCNc1cc(-c2ccccc2)nc(Nc2ccc(OC)cc2OC)n1. The molecule has 0 saturated heterocycles. The molecule has 27 heavy (non-hydrogen) atoms. The molecule has 138 valence electrons. The molecule has 0 radical (unpaired) electrons. The van der Waals surface area contributed by atoms with E-state index in [4.69, 9.17) is 9.47 Å². The van der Waals surface area contributed by atoms with Crippen LogP contribution < -0.4 is 20.1 Å². The molecule has 1 aromatic heterocycles. The molecule has 0 aliphatic carbocycles. The number of nitrogens with zero attached hydrogens (tertiary/aromatic N) is 2.